The average molecular weight is 349 g/mol. The smallest absolute Gasteiger partial charge is 0.0121 e. The number of hydrogen-bond acceptors (Lipinski definition) is 0. The van der Waals surface area contributed by atoms with Gasteiger partial charge in [0.2, 0.25) is 0 Å². The molecule has 0 N–H and O–H groups in total. The zero-order valence-corrected chi connectivity index (χ0v) is 20.1. The van der Waals surface area contributed by atoms with Crippen LogP contribution in [0.5, 0.6) is 0 Å². The topological polar surface area (TPSA) is 0 Å². The summed E-state index contributed by atoms with van der Waals surface area (Å²) < 4.78 is 0. The molecule has 0 nitrogen and oxygen atoms in total. The minimum absolute atomic E-state index is 0.0436. The van der Waals surface area contributed by atoms with Crippen molar-refractivity contribution in [2.75, 3.05) is 0 Å². The van der Waals surface area contributed by atoms with Crippen LogP contribution in [0.15, 0.2) is 25.3 Å². The van der Waals surface area contributed by atoms with Gasteiger partial charge in [0.05, 0.1) is 0 Å². The fourth-order valence-electron chi connectivity index (χ4n) is 4.46. The molecule has 0 fully saturated rings. The van der Waals surface area contributed by atoms with Gasteiger partial charge in [0.1, 0.15) is 0 Å². The van der Waals surface area contributed by atoms with Gasteiger partial charge in [0, 0.05) is 0 Å². The van der Waals surface area contributed by atoms with Crippen molar-refractivity contribution >= 4 is 0 Å². The summed E-state index contributed by atoms with van der Waals surface area (Å²) in [6.07, 6.45) is 4.27. The molecule has 0 aliphatic rings. The molecule has 0 saturated carbocycles. The summed E-state index contributed by atoms with van der Waals surface area (Å²) in [6, 6.07) is 0. The summed E-state index contributed by atoms with van der Waals surface area (Å²) in [4.78, 5) is 0. The Morgan fingerprint density at radius 3 is 0.680 bits per heavy atom. The lowest BCUT2D eigenvalue weighted by Gasteiger charge is -2.67. The van der Waals surface area contributed by atoms with E-state index in [0.717, 1.165) is 0 Å². The molecule has 0 aliphatic carbocycles. The third kappa shape index (κ3) is 3.06. The second-order valence-corrected chi connectivity index (χ2v) is 12.0. The van der Waals surface area contributed by atoms with Crippen molar-refractivity contribution in [3.05, 3.63) is 25.3 Å². The SMILES string of the molecule is C=CC(C)(C)C(C)(C)C(C)(C)C(C)(C)C(C)(C)C(C)(C)C(C)(C)C=C. The number of allylic oxidation sites excluding steroid dienone is 2. The summed E-state index contributed by atoms with van der Waals surface area (Å²) in [6.45, 7) is 42.0. The van der Waals surface area contributed by atoms with E-state index < -0.39 is 0 Å². The van der Waals surface area contributed by atoms with Gasteiger partial charge < -0.3 is 0 Å². The molecule has 0 bridgehead atoms. The van der Waals surface area contributed by atoms with Gasteiger partial charge in [0.15, 0.2) is 0 Å². The summed E-state index contributed by atoms with van der Waals surface area (Å²) >= 11 is 0. The fraction of sp³-hybridized carbons (Fsp3) is 0.840. The standard InChI is InChI=1S/C25H48/c1-17-19(3,4)21(7,8)23(11,12)25(15,16)24(13,14)22(9,10)20(5,6)18-2/h17-18H,1-2H2,3-16H3. The van der Waals surface area contributed by atoms with Gasteiger partial charge in [-0.3, -0.25) is 0 Å². The molecule has 0 aromatic heterocycles. The van der Waals surface area contributed by atoms with Crippen molar-refractivity contribution in [1.29, 1.82) is 0 Å². The molecule has 25 heavy (non-hydrogen) atoms. The molecular weight excluding hydrogens is 300 g/mol. The molecule has 0 spiro atoms. The van der Waals surface area contributed by atoms with Gasteiger partial charge in [0.25, 0.3) is 0 Å². The molecule has 0 aromatic carbocycles. The highest BCUT2D eigenvalue weighted by atomic mass is 14.7. The minimum atomic E-state index is 0.0436. The quantitative estimate of drug-likeness (QED) is 0.385. The Morgan fingerprint density at radius 2 is 0.520 bits per heavy atom. The molecule has 0 heteroatoms. The van der Waals surface area contributed by atoms with Gasteiger partial charge >= 0.3 is 0 Å². The first kappa shape index (κ1) is 24.5. The predicted molar refractivity (Wildman–Crippen MR) is 117 cm³/mol. The normalized spacial score (nSPS) is 15.9. The van der Waals surface area contributed by atoms with E-state index in [4.69, 9.17) is 0 Å². The minimum Gasteiger partial charge on any atom is -0.103 e. The Kier molecular flexibility index (Phi) is 6.15. The van der Waals surface area contributed by atoms with Crippen LogP contribution in [-0.4, -0.2) is 0 Å². The van der Waals surface area contributed by atoms with Crippen molar-refractivity contribution in [2.45, 2.75) is 96.9 Å². The van der Waals surface area contributed by atoms with Crippen LogP contribution in [0.4, 0.5) is 0 Å². The Labute approximate surface area is 160 Å². The summed E-state index contributed by atoms with van der Waals surface area (Å²) in [5.74, 6) is 0. The molecule has 0 aliphatic heterocycles. The lowest BCUT2D eigenvalue weighted by molar-refractivity contribution is -0.182. The molecule has 148 valence electrons. The summed E-state index contributed by atoms with van der Waals surface area (Å²) in [7, 11) is 0. The van der Waals surface area contributed by atoms with Crippen molar-refractivity contribution in [3.63, 3.8) is 0 Å². The van der Waals surface area contributed by atoms with Crippen LogP contribution >= 0.6 is 0 Å². The van der Waals surface area contributed by atoms with Gasteiger partial charge in [-0.25, -0.2) is 0 Å². The monoisotopic (exact) mass is 348 g/mol. The number of rotatable bonds is 8. The van der Waals surface area contributed by atoms with Gasteiger partial charge in [-0.15, -0.1) is 13.2 Å². The molecule has 0 atom stereocenters. The fourth-order valence-corrected chi connectivity index (χ4v) is 4.46. The predicted octanol–water partition coefficient (Wildman–Crippen LogP) is 8.54. The van der Waals surface area contributed by atoms with E-state index in [1.165, 1.54) is 0 Å². The van der Waals surface area contributed by atoms with E-state index in [2.05, 4.69) is 122 Å². The van der Waals surface area contributed by atoms with Crippen molar-refractivity contribution in [1.82, 2.24) is 0 Å². The third-order valence-corrected chi connectivity index (χ3v) is 10.5. The molecule has 0 amide bonds. The van der Waals surface area contributed by atoms with Crippen LogP contribution in [0.3, 0.4) is 0 Å². The summed E-state index contributed by atoms with van der Waals surface area (Å²) in [5, 5.41) is 0. The molecule has 0 aromatic rings. The van der Waals surface area contributed by atoms with Crippen molar-refractivity contribution in [2.24, 2.45) is 37.9 Å². The van der Waals surface area contributed by atoms with E-state index in [1.807, 2.05) is 0 Å². The maximum Gasteiger partial charge on any atom is -0.0121 e. The average Bonchev–Trinajstić information content (AvgIpc) is 2.45. The molecular formula is C25H48. The first-order valence-electron chi connectivity index (χ1n) is 9.89. The number of hydrogen-bond donors (Lipinski definition) is 0. The maximum atomic E-state index is 4.14. The maximum absolute atomic E-state index is 4.14. The van der Waals surface area contributed by atoms with Gasteiger partial charge in [-0.2, -0.15) is 0 Å². The largest absolute Gasteiger partial charge is 0.103 e. The Bertz CT molecular complexity index is 458. The van der Waals surface area contributed by atoms with Crippen molar-refractivity contribution in [3.8, 4) is 0 Å². The Morgan fingerprint density at radius 1 is 0.360 bits per heavy atom. The Balaban J connectivity index is 6.56. The first-order chi connectivity index (χ1) is 10.6. The van der Waals surface area contributed by atoms with Crippen LogP contribution in [0.2, 0.25) is 0 Å². The zero-order valence-electron chi connectivity index (χ0n) is 20.1. The molecule has 0 saturated heterocycles. The second-order valence-electron chi connectivity index (χ2n) is 12.0. The van der Waals surface area contributed by atoms with Crippen LogP contribution in [0.25, 0.3) is 0 Å². The lowest BCUT2D eigenvalue weighted by atomic mass is 9.37. The highest BCUT2D eigenvalue weighted by molar-refractivity contribution is 5.15. The third-order valence-electron chi connectivity index (χ3n) is 10.5. The lowest BCUT2D eigenvalue weighted by Crippen LogP contribution is -2.61. The van der Waals surface area contributed by atoms with Crippen LogP contribution in [-0.2, 0) is 0 Å². The Hall–Kier alpha value is -0.520. The van der Waals surface area contributed by atoms with E-state index in [-0.39, 0.29) is 37.9 Å². The first-order valence-corrected chi connectivity index (χ1v) is 9.89. The van der Waals surface area contributed by atoms with E-state index in [1.54, 1.807) is 0 Å². The van der Waals surface area contributed by atoms with E-state index in [9.17, 15) is 0 Å². The molecule has 0 radical (unpaired) electrons. The highest BCUT2D eigenvalue weighted by Crippen LogP contribution is 2.69. The van der Waals surface area contributed by atoms with E-state index >= 15 is 0 Å². The second kappa shape index (κ2) is 6.28. The molecule has 0 heterocycles. The van der Waals surface area contributed by atoms with Gasteiger partial charge in [-0.05, 0) is 37.9 Å². The van der Waals surface area contributed by atoms with Crippen molar-refractivity contribution < 1.29 is 0 Å². The highest BCUT2D eigenvalue weighted by Gasteiger charge is 2.63. The molecule has 0 rings (SSSR count). The van der Waals surface area contributed by atoms with Crippen LogP contribution in [0.1, 0.15) is 96.9 Å². The molecule has 0 unspecified atom stereocenters. The summed E-state index contributed by atoms with van der Waals surface area (Å²) in [5.41, 5.74) is 0.483. The van der Waals surface area contributed by atoms with Crippen LogP contribution in [0, 0.1) is 37.9 Å². The van der Waals surface area contributed by atoms with Gasteiger partial charge in [-0.1, -0.05) is 109 Å². The van der Waals surface area contributed by atoms with E-state index in [0.29, 0.717) is 0 Å². The van der Waals surface area contributed by atoms with Crippen LogP contribution < -0.4 is 0 Å². The zero-order chi connectivity index (χ0) is 20.9.